The normalized spacial score (nSPS) is 17.8. The third kappa shape index (κ3) is 5.82. The molecule has 1 heterocycles. The Balaban J connectivity index is 1.91. The zero-order valence-electron chi connectivity index (χ0n) is 15.1. The van der Waals surface area contributed by atoms with Gasteiger partial charge in [0.2, 0.25) is 5.91 Å². The second-order valence-electron chi connectivity index (χ2n) is 6.83. The SMILES string of the molecule is CC(C)C[CH]C(=O)N[C@H]1CCCN(C(=O)Nc2ccccc2F)CC1=O. The first kappa shape index (κ1) is 19.9. The number of amides is 3. The Labute approximate surface area is 153 Å². The zero-order valence-corrected chi connectivity index (χ0v) is 15.1. The van der Waals surface area contributed by atoms with Crippen molar-refractivity contribution in [1.82, 2.24) is 10.2 Å². The van der Waals surface area contributed by atoms with Crippen molar-refractivity contribution in [3.63, 3.8) is 0 Å². The van der Waals surface area contributed by atoms with Crippen LogP contribution in [0.3, 0.4) is 0 Å². The topological polar surface area (TPSA) is 78.5 Å². The molecule has 0 aliphatic carbocycles. The molecular weight excluding hydrogens is 337 g/mol. The van der Waals surface area contributed by atoms with Gasteiger partial charge in [-0.25, -0.2) is 9.18 Å². The maximum absolute atomic E-state index is 13.7. The average Bonchev–Trinajstić information content (AvgIpc) is 2.77. The first-order valence-electron chi connectivity index (χ1n) is 8.83. The average molecular weight is 362 g/mol. The molecule has 1 atom stereocenters. The minimum atomic E-state index is -0.600. The van der Waals surface area contributed by atoms with Crippen LogP contribution in [0.5, 0.6) is 0 Å². The van der Waals surface area contributed by atoms with E-state index in [0.29, 0.717) is 31.7 Å². The Morgan fingerprint density at radius 2 is 2.08 bits per heavy atom. The molecule has 0 unspecified atom stereocenters. The number of carbonyl (C=O) groups is 3. The number of Topliss-reactive ketones (excluding diaryl/α,β-unsaturated/α-hetero) is 1. The van der Waals surface area contributed by atoms with E-state index in [2.05, 4.69) is 10.6 Å². The molecule has 1 aromatic rings. The standard InChI is InChI=1S/C19H25FN3O3/c1-13(2)9-10-18(25)21-16-8-5-11-23(12-17(16)24)19(26)22-15-7-4-3-6-14(15)20/h3-4,6-7,10,13,16H,5,8-9,11-12H2,1-2H3,(H,21,25)(H,22,26)/t16-/m0/s1. The highest BCUT2D eigenvalue weighted by Crippen LogP contribution is 2.15. The first-order valence-corrected chi connectivity index (χ1v) is 8.83. The van der Waals surface area contributed by atoms with Crippen molar-refractivity contribution in [2.75, 3.05) is 18.4 Å². The monoisotopic (exact) mass is 362 g/mol. The van der Waals surface area contributed by atoms with E-state index in [4.69, 9.17) is 0 Å². The molecule has 26 heavy (non-hydrogen) atoms. The summed E-state index contributed by atoms with van der Waals surface area (Å²) in [6.07, 6.45) is 3.24. The van der Waals surface area contributed by atoms with Crippen LogP contribution in [-0.2, 0) is 9.59 Å². The summed E-state index contributed by atoms with van der Waals surface area (Å²) in [5.74, 6) is -0.658. The highest BCUT2D eigenvalue weighted by Gasteiger charge is 2.28. The number of carbonyl (C=O) groups excluding carboxylic acids is 3. The lowest BCUT2D eigenvalue weighted by Gasteiger charge is -2.21. The lowest BCUT2D eigenvalue weighted by Crippen LogP contribution is -2.45. The summed E-state index contributed by atoms with van der Waals surface area (Å²) in [7, 11) is 0. The fourth-order valence-electron chi connectivity index (χ4n) is 2.68. The minimum Gasteiger partial charge on any atom is -0.346 e. The third-order valence-corrected chi connectivity index (χ3v) is 4.15. The molecule has 1 fully saturated rings. The quantitative estimate of drug-likeness (QED) is 0.845. The summed E-state index contributed by atoms with van der Waals surface area (Å²) < 4.78 is 13.7. The van der Waals surface area contributed by atoms with Crippen LogP contribution in [0.1, 0.15) is 33.1 Å². The Morgan fingerprint density at radius 3 is 2.77 bits per heavy atom. The number of nitrogens with zero attached hydrogens (tertiary/aromatic N) is 1. The van der Waals surface area contributed by atoms with Crippen molar-refractivity contribution in [3.05, 3.63) is 36.5 Å². The minimum absolute atomic E-state index is 0.0716. The molecule has 1 radical (unpaired) electrons. The maximum atomic E-state index is 13.7. The summed E-state index contributed by atoms with van der Waals surface area (Å²) in [5, 5.41) is 5.20. The number of rotatable bonds is 5. The predicted molar refractivity (Wildman–Crippen MR) is 96.9 cm³/mol. The summed E-state index contributed by atoms with van der Waals surface area (Å²) in [5.41, 5.74) is 0.0716. The lowest BCUT2D eigenvalue weighted by molar-refractivity contribution is -0.126. The van der Waals surface area contributed by atoms with Gasteiger partial charge in [0.25, 0.3) is 0 Å². The van der Waals surface area contributed by atoms with E-state index >= 15 is 0 Å². The van der Waals surface area contributed by atoms with Gasteiger partial charge in [0.05, 0.1) is 18.3 Å². The molecule has 141 valence electrons. The van der Waals surface area contributed by atoms with Gasteiger partial charge in [-0.05, 0) is 37.3 Å². The number of ketones is 1. The third-order valence-electron chi connectivity index (χ3n) is 4.15. The molecule has 7 heteroatoms. The summed E-state index contributed by atoms with van der Waals surface area (Å²) in [4.78, 5) is 38.0. The van der Waals surface area contributed by atoms with Gasteiger partial charge in [0.1, 0.15) is 5.82 Å². The number of hydrogen-bond donors (Lipinski definition) is 2. The molecule has 1 aliphatic heterocycles. The van der Waals surface area contributed by atoms with Gasteiger partial charge in [0.15, 0.2) is 5.78 Å². The van der Waals surface area contributed by atoms with E-state index in [1.54, 1.807) is 12.5 Å². The van der Waals surface area contributed by atoms with Crippen LogP contribution < -0.4 is 10.6 Å². The molecule has 0 bridgehead atoms. The fourth-order valence-corrected chi connectivity index (χ4v) is 2.68. The maximum Gasteiger partial charge on any atom is 0.322 e. The van der Waals surface area contributed by atoms with E-state index in [1.165, 1.54) is 23.1 Å². The summed E-state index contributed by atoms with van der Waals surface area (Å²) >= 11 is 0. The number of anilines is 1. The fraction of sp³-hybridized carbons (Fsp3) is 0.474. The van der Waals surface area contributed by atoms with Crippen molar-refractivity contribution in [2.24, 2.45) is 5.92 Å². The molecule has 1 aromatic carbocycles. The van der Waals surface area contributed by atoms with Gasteiger partial charge >= 0.3 is 6.03 Å². The van der Waals surface area contributed by atoms with Gasteiger partial charge in [-0.3, -0.25) is 9.59 Å². The van der Waals surface area contributed by atoms with Gasteiger partial charge in [0, 0.05) is 13.0 Å². The summed E-state index contributed by atoms with van der Waals surface area (Å²) in [6.45, 7) is 4.27. The van der Waals surface area contributed by atoms with Crippen LogP contribution in [0.15, 0.2) is 24.3 Å². The number of likely N-dealkylation sites (tertiary alicyclic amines) is 1. The van der Waals surface area contributed by atoms with Crippen molar-refractivity contribution in [2.45, 2.75) is 39.2 Å². The summed E-state index contributed by atoms with van der Waals surface area (Å²) in [6, 6.07) is 4.73. The van der Waals surface area contributed by atoms with Gasteiger partial charge < -0.3 is 15.5 Å². The number of urea groups is 1. The van der Waals surface area contributed by atoms with Crippen LogP contribution >= 0.6 is 0 Å². The van der Waals surface area contributed by atoms with Gasteiger partial charge in [-0.15, -0.1) is 0 Å². The smallest absolute Gasteiger partial charge is 0.322 e. The predicted octanol–water partition coefficient (Wildman–Crippen LogP) is 2.76. The largest absolute Gasteiger partial charge is 0.346 e. The highest BCUT2D eigenvalue weighted by atomic mass is 19.1. The Hall–Kier alpha value is -2.44. The highest BCUT2D eigenvalue weighted by molar-refractivity contribution is 5.97. The Morgan fingerprint density at radius 1 is 1.35 bits per heavy atom. The molecule has 0 aromatic heterocycles. The number of nitrogens with one attached hydrogen (secondary N) is 2. The van der Waals surface area contributed by atoms with E-state index < -0.39 is 17.9 Å². The Kier molecular flexibility index (Phi) is 7.12. The molecule has 1 saturated heterocycles. The molecular formula is C19H25FN3O3. The van der Waals surface area contributed by atoms with Crippen LogP contribution in [0.4, 0.5) is 14.9 Å². The molecule has 1 aliphatic rings. The van der Waals surface area contributed by atoms with Crippen molar-refractivity contribution in [3.8, 4) is 0 Å². The number of benzene rings is 1. The molecule has 0 saturated carbocycles. The van der Waals surface area contributed by atoms with Gasteiger partial charge in [-0.2, -0.15) is 0 Å². The number of halogens is 1. The lowest BCUT2D eigenvalue weighted by atomic mass is 10.1. The second-order valence-corrected chi connectivity index (χ2v) is 6.83. The van der Waals surface area contributed by atoms with Gasteiger partial charge in [-0.1, -0.05) is 26.0 Å². The van der Waals surface area contributed by atoms with Crippen LogP contribution in [-0.4, -0.2) is 41.8 Å². The number of para-hydroxylation sites is 1. The number of hydrogen-bond acceptors (Lipinski definition) is 3. The van der Waals surface area contributed by atoms with Crippen molar-refractivity contribution < 1.29 is 18.8 Å². The van der Waals surface area contributed by atoms with Crippen molar-refractivity contribution in [1.29, 1.82) is 0 Å². The van der Waals surface area contributed by atoms with Crippen LogP contribution in [0.25, 0.3) is 0 Å². The van der Waals surface area contributed by atoms with Crippen LogP contribution in [0.2, 0.25) is 0 Å². The van der Waals surface area contributed by atoms with E-state index in [1.807, 2.05) is 13.8 Å². The molecule has 6 nitrogen and oxygen atoms in total. The van der Waals surface area contributed by atoms with Crippen molar-refractivity contribution >= 4 is 23.4 Å². The van der Waals surface area contributed by atoms with E-state index in [9.17, 15) is 18.8 Å². The first-order chi connectivity index (χ1) is 12.4. The second kappa shape index (κ2) is 9.31. The zero-order chi connectivity index (χ0) is 19.1. The van der Waals surface area contributed by atoms with E-state index in [-0.39, 0.29) is 23.9 Å². The van der Waals surface area contributed by atoms with E-state index in [0.717, 1.165) is 0 Å². The molecule has 0 spiro atoms. The Bertz CT molecular complexity index is 663. The van der Waals surface area contributed by atoms with Crippen LogP contribution in [0, 0.1) is 18.2 Å². The molecule has 2 N–H and O–H groups in total. The molecule has 2 rings (SSSR count). The molecule has 3 amide bonds.